The first-order valence-electron chi connectivity index (χ1n) is 7.47. The Bertz CT molecular complexity index is 576. The minimum absolute atomic E-state index is 0.00403. The number of piperidine rings is 1. The summed E-state index contributed by atoms with van der Waals surface area (Å²) in [5, 5.41) is 20.5. The van der Waals surface area contributed by atoms with Gasteiger partial charge in [0.25, 0.3) is 5.69 Å². The van der Waals surface area contributed by atoms with Gasteiger partial charge < -0.3 is 5.11 Å². The lowest BCUT2D eigenvalue weighted by atomic mass is 9.96. The number of aliphatic hydroxyl groups is 1. The Balaban J connectivity index is 2.33. The van der Waals surface area contributed by atoms with Gasteiger partial charge >= 0.3 is 6.18 Å². The van der Waals surface area contributed by atoms with E-state index < -0.39 is 28.5 Å². The second kappa shape index (κ2) is 6.84. The van der Waals surface area contributed by atoms with E-state index in [-0.39, 0.29) is 18.2 Å². The van der Waals surface area contributed by atoms with Crippen LogP contribution in [0.4, 0.5) is 18.9 Å². The van der Waals surface area contributed by atoms with E-state index in [9.17, 15) is 28.4 Å². The molecule has 0 amide bonds. The average molecular weight is 332 g/mol. The number of non-ortho nitro benzene ring substituents is 1. The monoisotopic (exact) mass is 332 g/mol. The van der Waals surface area contributed by atoms with E-state index in [4.69, 9.17) is 0 Å². The van der Waals surface area contributed by atoms with Gasteiger partial charge in [-0.3, -0.25) is 15.0 Å². The third-order valence-electron chi connectivity index (χ3n) is 4.20. The zero-order valence-corrected chi connectivity index (χ0v) is 12.7. The number of nitro groups is 1. The van der Waals surface area contributed by atoms with Gasteiger partial charge in [0, 0.05) is 24.7 Å². The number of nitrogens with zero attached hydrogens (tertiary/aromatic N) is 2. The lowest BCUT2D eigenvalue weighted by molar-refractivity contribution is -0.385. The highest BCUT2D eigenvalue weighted by molar-refractivity contribution is 5.41. The van der Waals surface area contributed by atoms with E-state index >= 15 is 0 Å². The molecule has 1 heterocycles. The Morgan fingerprint density at radius 2 is 2.13 bits per heavy atom. The van der Waals surface area contributed by atoms with Gasteiger partial charge in [0.05, 0.1) is 16.6 Å². The normalized spacial score (nSPS) is 21.2. The number of alkyl halides is 3. The summed E-state index contributed by atoms with van der Waals surface area (Å²) in [5.41, 5.74) is -1.57. The standard InChI is InChI=1S/C15H19F3N2O3/c1-10(21)14-4-2-3-7-19(14)9-11-5-6-12(20(22)23)8-13(11)15(16,17)18/h5-6,8,10,14,21H,2-4,7,9H2,1H3. The Hall–Kier alpha value is -1.67. The van der Waals surface area contributed by atoms with Crippen molar-refractivity contribution in [1.82, 2.24) is 4.90 Å². The molecule has 2 unspecified atom stereocenters. The van der Waals surface area contributed by atoms with Crippen LogP contribution in [0.1, 0.15) is 37.3 Å². The third kappa shape index (κ3) is 4.20. The van der Waals surface area contributed by atoms with Crippen molar-refractivity contribution in [1.29, 1.82) is 0 Å². The molecule has 1 aromatic carbocycles. The maximum atomic E-state index is 13.2. The van der Waals surface area contributed by atoms with Gasteiger partial charge in [-0.15, -0.1) is 0 Å². The Morgan fingerprint density at radius 3 is 2.70 bits per heavy atom. The highest BCUT2D eigenvalue weighted by Gasteiger charge is 2.36. The van der Waals surface area contributed by atoms with E-state index in [0.29, 0.717) is 12.6 Å². The Labute approximate surface area is 131 Å². The van der Waals surface area contributed by atoms with Gasteiger partial charge in [-0.05, 0) is 31.9 Å². The number of halogens is 3. The molecule has 1 N–H and O–H groups in total. The van der Waals surface area contributed by atoms with Crippen LogP contribution in [0.2, 0.25) is 0 Å². The Kier molecular flexibility index (Phi) is 5.26. The van der Waals surface area contributed by atoms with E-state index in [1.165, 1.54) is 0 Å². The van der Waals surface area contributed by atoms with Gasteiger partial charge in [-0.2, -0.15) is 13.2 Å². The third-order valence-corrected chi connectivity index (χ3v) is 4.20. The van der Waals surface area contributed by atoms with Crippen LogP contribution in [0.25, 0.3) is 0 Å². The first-order chi connectivity index (χ1) is 10.7. The minimum atomic E-state index is -4.66. The molecule has 23 heavy (non-hydrogen) atoms. The summed E-state index contributed by atoms with van der Waals surface area (Å²) >= 11 is 0. The first-order valence-corrected chi connectivity index (χ1v) is 7.47. The maximum absolute atomic E-state index is 13.2. The summed E-state index contributed by atoms with van der Waals surface area (Å²) in [6, 6.07) is 2.64. The van der Waals surface area contributed by atoms with Crippen molar-refractivity contribution in [3.8, 4) is 0 Å². The molecule has 1 aliphatic rings. The molecule has 8 heteroatoms. The number of aliphatic hydroxyl groups excluding tert-OH is 1. The summed E-state index contributed by atoms with van der Waals surface area (Å²) in [5.74, 6) is 0. The van der Waals surface area contributed by atoms with Crippen LogP contribution in [-0.2, 0) is 12.7 Å². The van der Waals surface area contributed by atoms with Gasteiger partial charge in [0.2, 0.25) is 0 Å². The molecule has 0 aliphatic carbocycles. The van der Waals surface area contributed by atoms with E-state index in [0.717, 1.165) is 31.4 Å². The van der Waals surface area contributed by atoms with Gasteiger partial charge in [-0.1, -0.05) is 12.5 Å². The number of benzene rings is 1. The van der Waals surface area contributed by atoms with Crippen LogP contribution in [0.5, 0.6) is 0 Å². The molecule has 2 atom stereocenters. The van der Waals surface area contributed by atoms with Crippen LogP contribution in [0, 0.1) is 10.1 Å². The van der Waals surface area contributed by atoms with Crippen LogP contribution in [0.15, 0.2) is 18.2 Å². The summed E-state index contributed by atoms with van der Waals surface area (Å²) < 4.78 is 39.6. The largest absolute Gasteiger partial charge is 0.416 e. The molecular weight excluding hydrogens is 313 g/mol. The molecule has 2 rings (SSSR count). The maximum Gasteiger partial charge on any atom is 0.416 e. The highest BCUT2D eigenvalue weighted by atomic mass is 19.4. The zero-order valence-electron chi connectivity index (χ0n) is 12.7. The SMILES string of the molecule is CC(O)C1CCCCN1Cc1ccc([N+](=O)[O-])cc1C(F)(F)F. The smallest absolute Gasteiger partial charge is 0.392 e. The summed E-state index contributed by atoms with van der Waals surface area (Å²) in [4.78, 5) is 11.7. The van der Waals surface area contributed by atoms with Crippen molar-refractivity contribution in [3.63, 3.8) is 0 Å². The molecule has 5 nitrogen and oxygen atoms in total. The van der Waals surface area contributed by atoms with Crippen LogP contribution < -0.4 is 0 Å². The number of likely N-dealkylation sites (tertiary alicyclic amines) is 1. The number of hydrogen-bond acceptors (Lipinski definition) is 4. The quantitative estimate of drug-likeness (QED) is 0.678. The molecule has 1 aromatic rings. The highest BCUT2D eigenvalue weighted by Crippen LogP contribution is 2.35. The summed E-state index contributed by atoms with van der Waals surface area (Å²) in [6.07, 6.45) is -2.78. The van der Waals surface area contributed by atoms with Crippen LogP contribution >= 0.6 is 0 Å². The van der Waals surface area contributed by atoms with Crippen molar-refractivity contribution in [2.75, 3.05) is 6.54 Å². The number of hydrogen-bond donors (Lipinski definition) is 1. The first kappa shape index (κ1) is 17.7. The fourth-order valence-electron chi connectivity index (χ4n) is 3.06. The molecule has 1 aliphatic heterocycles. The summed E-state index contributed by atoms with van der Waals surface area (Å²) in [6.45, 7) is 2.25. The second-order valence-electron chi connectivity index (χ2n) is 5.87. The van der Waals surface area contributed by atoms with Gasteiger partial charge in [-0.25, -0.2) is 0 Å². The molecule has 0 radical (unpaired) electrons. The molecule has 0 spiro atoms. The molecule has 0 aromatic heterocycles. The predicted molar refractivity (Wildman–Crippen MR) is 77.8 cm³/mol. The Morgan fingerprint density at radius 1 is 1.43 bits per heavy atom. The molecular formula is C15H19F3N2O3. The van der Waals surface area contributed by atoms with Crippen molar-refractivity contribution in [2.24, 2.45) is 0 Å². The van der Waals surface area contributed by atoms with E-state index in [1.807, 2.05) is 4.90 Å². The fourth-order valence-corrected chi connectivity index (χ4v) is 3.06. The molecule has 1 fully saturated rings. The van der Waals surface area contributed by atoms with Crippen molar-refractivity contribution in [3.05, 3.63) is 39.4 Å². The predicted octanol–water partition coefficient (Wildman–Crippen LogP) is 3.35. The van der Waals surface area contributed by atoms with Crippen molar-refractivity contribution in [2.45, 2.75) is 51.1 Å². The molecule has 0 saturated carbocycles. The summed E-state index contributed by atoms with van der Waals surface area (Å²) in [7, 11) is 0. The van der Waals surface area contributed by atoms with E-state index in [2.05, 4.69) is 0 Å². The minimum Gasteiger partial charge on any atom is -0.392 e. The van der Waals surface area contributed by atoms with Crippen molar-refractivity contribution >= 4 is 5.69 Å². The van der Waals surface area contributed by atoms with Crippen molar-refractivity contribution < 1.29 is 23.2 Å². The second-order valence-corrected chi connectivity index (χ2v) is 5.87. The van der Waals surface area contributed by atoms with Gasteiger partial charge in [0.15, 0.2) is 0 Å². The molecule has 128 valence electrons. The van der Waals surface area contributed by atoms with Gasteiger partial charge in [0.1, 0.15) is 0 Å². The average Bonchev–Trinajstić information content (AvgIpc) is 2.46. The van der Waals surface area contributed by atoms with E-state index in [1.54, 1.807) is 6.92 Å². The number of rotatable bonds is 4. The fraction of sp³-hybridized carbons (Fsp3) is 0.600. The zero-order chi connectivity index (χ0) is 17.2. The topological polar surface area (TPSA) is 66.6 Å². The van der Waals surface area contributed by atoms with Crippen LogP contribution in [0.3, 0.4) is 0 Å². The lowest BCUT2D eigenvalue weighted by Crippen LogP contribution is -2.45. The molecule has 0 bridgehead atoms. The lowest BCUT2D eigenvalue weighted by Gasteiger charge is -2.37. The molecule has 1 saturated heterocycles. The number of nitro benzene ring substituents is 1. The van der Waals surface area contributed by atoms with Crippen LogP contribution in [-0.4, -0.2) is 33.6 Å².